The second-order valence-electron chi connectivity index (χ2n) is 3.81. The molecule has 0 saturated heterocycles. The van der Waals surface area contributed by atoms with Crippen LogP contribution in [0.1, 0.15) is 17.9 Å². The average Bonchev–Trinajstić information content (AvgIpc) is 2.35. The van der Waals surface area contributed by atoms with E-state index in [4.69, 9.17) is 10.5 Å². The number of nitrogens with one attached hydrogen (secondary N) is 1. The van der Waals surface area contributed by atoms with Crippen molar-refractivity contribution in [1.29, 1.82) is 0 Å². The van der Waals surface area contributed by atoms with E-state index in [0.717, 1.165) is 17.7 Å². The topological polar surface area (TPSA) is 64.3 Å². The molecule has 86 valence electrons. The fourth-order valence-corrected chi connectivity index (χ4v) is 1.93. The van der Waals surface area contributed by atoms with Gasteiger partial charge in [-0.3, -0.25) is 4.79 Å². The van der Waals surface area contributed by atoms with Crippen LogP contribution in [0.2, 0.25) is 0 Å². The fourth-order valence-electron chi connectivity index (χ4n) is 1.93. The maximum absolute atomic E-state index is 11.9. The zero-order valence-corrected chi connectivity index (χ0v) is 9.11. The van der Waals surface area contributed by atoms with Crippen molar-refractivity contribution in [2.75, 3.05) is 19.7 Å². The van der Waals surface area contributed by atoms with Crippen LogP contribution in [-0.4, -0.2) is 25.6 Å². The third kappa shape index (κ3) is 2.17. The molecule has 1 unspecified atom stereocenters. The first-order valence-corrected chi connectivity index (χ1v) is 5.52. The second kappa shape index (κ2) is 4.99. The van der Waals surface area contributed by atoms with Gasteiger partial charge in [0.15, 0.2) is 0 Å². The number of rotatable bonds is 3. The summed E-state index contributed by atoms with van der Waals surface area (Å²) < 4.78 is 5.50. The predicted molar refractivity (Wildman–Crippen MR) is 61.4 cm³/mol. The smallest absolute Gasteiger partial charge is 0.227 e. The molecule has 4 heteroatoms. The molecule has 1 aromatic carbocycles. The minimum absolute atomic E-state index is 0.0428. The van der Waals surface area contributed by atoms with Crippen molar-refractivity contribution in [2.45, 2.75) is 12.3 Å². The van der Waals surface area contributed by atoms with Crippen molar-refractivity contribution in [3.63, 3.8) is 0 Å². The highest BCUT2D eigenvalue weighted by atomic mass is 16.5. The van der Waals surface area contributed by atoms with Gasteiger partial charge in [-0.2, -0.15) is 0 Å². The molecule has 1 aromatic rings. The zero-order valence-electron chi connectivity index (χ0n) is 9.11. The number of ether oxygens (including phenoxy) is 1. The van der Waals surface area contributed by atoms with E-state index in [-0.39, 0.29) is 11.8 Å². The summed E-state index contributed by atoms with van der Waals surface area (Å²) in [5, 5.41) is 2.82. The Morgan fingerprint density at radius 3 is 3.12 bits per heavy atom. The highest BCUT2D eigenvalue weighted by Gasteiger charge is 2.26. The highest BCUT2D eigenvalue weighted by Crippen LogP contribution is 2.33. The van der Waals surface area contributed by atoms with Crippen molar-refractivity contribution in [3.05, 3.63) is 29.8 Å². The van der Waals surface area contributed by atoms with Gasteiger partial charge in [-0.05, 0) is 12.5 Å². The SMILES string of the molecule is NCCNC(=O)C1CCOc2ccccc21. The molecule has 4 nitrogen and oxygen atoms in total. The van der Waals surface area contributed by atoms with Crippen LogP contribution in [0.5, 0.6) is 5.75 Å². The van der Waals surface area contributed by atoms with Gasteiger partial charge >= 0.3 is 0 Å². The molecule has 1 amide bonds. The standard InChI is InChI=1S/C12H16N2O2/c13-6-7-14-12(15)10-5-8-16-11-4-2-1-3-9(10)11/h1-4,10H,5-8,13H2,(H,14,15). The number of amides is 1. The Hall–Kier alpha value is -1.55. The average molecular weight is 220 g/mol. The van der Waals surface area contributed by atoms with E-state index >= 15 is 0 Å². The Kier molecular flexibility index (Phi) is 3.41. The minimum atomic E-state index is -0.100. The van der Waals surface area contributed by atoms with Gasteiger partial charge in [-0.1, -0.05) is 18.2 Å². The normalized spacial score (nSPS) is 18.4. The Morgan fingerprint density at radius 1 is 1.50 bits per heavy atom. The number of carbonyl (C=O) groups excluding carboxylic acids is 1. The van der Waals surface area contributed by atoms with Crippen LogP contribution in [0.4, 0.5) is 0 Å². The molecule has 0 saturated carbocycles. The third-order valence-corrected chi connectivity index (χ3v) is 2.72. The van der Waals surface area contributed by atoms with Crippen molar-refractivity contribution >= 4 is 5.91 Å². The van der Waals surface area contributed by atoms with Crippen LogP contribution in [0, 0.1) is 0 Å². The summed E-state index contributed by atoms with van der Waals surface area (Å²) in [5.74, 6) is 0.763. The zero-order chi connectivity index (χ0) is 11.4. The number of hydrogen-bond donors (Lipinski definition) is 2. The largest absolute Gasteiger partial charge is 0.493 e. The summed E-state index contributed by atoms with van der Waals surface area (Å²) in [7, 11) is 0. The predicted octanol–water partition coefficient (Wildman–Crippen LogP) is 0.628. The number of hydrogen-bond acceptors (Lipinski definition) is 3. The van der Waals surface area contributed by atoms with Gasteiger partial charge in [0.1, 0.15) is 5.75 Å². The second-order valence-corrected chi connectivity index (χ2v) is 3.81. The molecule has 1 heterocycles. The van der Waals surface area contributed by atoms with E-state index in [1.807, 2.05) is 24.3 Å². The molecule has 0 fully saturated rings. The maximum Gasteiger partial charge on any atom is 0.227 e. The molecule has 3 N–H and O–H groups in total. The maximum atomic E-state index is 11.9. The van der Waals surface area contributed by atoms with Gasteiger partial charge in [0.25, 0.3) is 0 Å². The summed E-state index contributed by atoms with van der Waals surface area (Å²) >= 11 is 0. The van der Waals surface area contributed by atoms with E-state index < -0.39 is 0 Å². The van der Waals surface area contributed by atoms with Crippen molar-refractivity contribution in [3.8, 4) is 5.75 Å². The van der Waals surface area contributed by atoms with Crippen LogP contribution >= 0.6 is 0 Å². The number of nitrogens with two attached hydrogens (primary N) is 1. The van der Waals surface area contributed by atoms with Crippen molar-refractivity contribution < 1.29 is 9.53 Å². The fraction of sp³-hybridized carbons (Fsp3) is 0.417. The van der Waals surface area contributed by atoms with E-state index in [2.05, 4.69) is 5.32 Å². The molecular formula is C12H16N2O2. The molecule has 16 heavy (non-hydrogen) atoms. The van der Waals surface area contributed by atoms with Gasteiger partial charge in [-0.15, -0.1) is 0 Å². The van der Waals surface area contributed by atoms with Crippen molar-refractivity contribution in [2.24, 2.45) is 5.73 Å². The van der Waals surface area contributed by atoms with E-state index in [1.54, 1.807) is 0 Å². The Morgan fingerprint density at radius 2 is 2.31 bits per heavy atom. The number of para-hydroxylation sites is 1. The van der Waals surface area contributed by atoms with E-state index in [9.17, 15) is 4.79 Å². The van der Waals surface area contributed by atoms with Gasteiger partial charge in [0.05, 0.1) is 12.5 Å². The lowest BCUT2D eigenvalue weighted by molar-refractivity contribution is -0.123. The summed E-state index contributed by atoms with van der Waals surface area (Å²) in [6.45, 7) is 1.59. The van der Waals surface area contributed by atoms with Crippen molar-refractivity contribution in [1.82, 2.24) is 5.32 Å². The van der Waals surface area contributed by atoms with Gasteiger partial charge in [0, 0.05) is 18.7 Å². The molecule has 2 rings (SSSR count). The lowest BCUT2D eigenvalue weighted by atomic mass is 9.92. The molecule has 0 aromatic heterocycles. The van der Waals surface area contributed by atoms with Gasteiger partial charge < -0.3 is 15.8 Å². The summed E-state index contributed by atoms with van der Waals surface area (Å²) in [4.78, 5) is 11.9. The Bertz CT molecular complexity index is 379. The first-order valence-electron chi connectivity index (χ1n) is 5.52. The molecule has 1 aliphatic heterocycles. The van der Waals surface area contributed by atoms with Crippen LogP contribution < -0.4 is 15.8 Å². The molecule has 1 aliphatic rings. The number of carbonyl (C=O) groups is 1. The first-order chi connectivity index (χ1) is 7.83. The summed E-state index contributed by atoms with van der Waals surface area (Å²) in [6, 6.07) is 7.69. The highest BCUT2D eigenvalue weighted by molar-refractivity contribution is 5.84. The Balaban J connectivity index is 2.15. The quantitative estimate of drug-likeness (QED) is 0.785. The monoisotopic (exact) mass is 220 g/mol. The lowest BCUT2D eigenvalue weighted by Gasteiger charge is -2.24. The summed E-state index contributed by atoms with van der Waals surface area (Å²) in [5.41, 5.74) is 6.34. The number of benzene rings is 1. The van der Waals surface area contributed by atoms with Crippen LogP contribution in [0.25, 0.3) is 0 Å². The first kappa shape index (κ1) is 11.0. The molecule has 1 atom stereocenters. The van der Waals surface area contributed by atoms with E-state index in [1.165, 1.54) is 0 Å². The number of fused-ring (bicyclic) bond motifs is 1. The summed E-state index contributed by atoms with van der Waals surface area (Å²) in [6.07, 6.45) is 0.730. The lowest BCUT2D eigenvalue weighted by Crippen LogP contribution is -2.35. The van der Waals surface area contributed by atoms with Crippen LogP contribution in [-0.2, 0) is 4.79 Å². The molecule has 0 bridgehead atoms. The molecule has 0 radical (unpaired) electrons. The molecular weight excluding hydrogens is 204 g/mol. The van der Waals surface area contributed by atoms with Gasteiger partial charge in [-0.25, -0.2) is 0 Å². The molecule has 0 spiro atoms. The minimum Gasteiger partial charge on any atom is -0.493 e. The molecule has 0 aliphatic carbocycles. The van der Waals surface area contributed by atoms with Gasteiger partial charge in [0.2, 0.25) is 5.91 Å². The van der Waals surface area contributed by atoms with Crippen LogP contribution in [0.15, 0.2) is 24.3 Å². The third-order valence-electron chi connectivity index (χ3n) is 2.72. The Labute approximate surface area is 94.8 Å². The van der Waals surface area contributed by atoms with Crippen LogP contribution in [0.3, 0.4) is 0 Å². The van der Waals surface area contributed by atoms with E-state index in [0.29, 0.717) is 19.7 Å².